The van der Waals surface area contributed by atoms with E-state index in [-0.39, 0.29) is 31.1 Å². The quantitative estimate of drug-likeness (QED) is 0.0261. The molecule has 0 aliphatic carbocycles. The molecule has 6 heteroatoms. The van der Waals surface area contributed by atoms with Gasteiger partial charge in [0, 0.05) is 19.3 Å². The molecule has 0 N–H and O–H groups in total. The summed E-state index contributed by atoms with van der Waals surface area (Å²) in [6, 6.07) is 0. The Balaban J connectivity index is 4.06. The van der Waals surface area contributed by atoms with Crippen LogP contribution in [0.4, 0.5) is 0 Å². The Hall–Kier alpha value is -3.67. The fourth-order valence-corrected chi connectivity index (χ4v) is 8.97. The van der Waals surface area contributed by atoms with Crippen molar-refractivity contribution < 1.29 is 28.6 Å². The normalized spacial score (nSPS) is 12.7. The number of allylic oxidation sites excluding steroid dienone is 16. The van der Waals surface area contributed by atoms with E-state index in [9.17, 15) is 14.4 Å². The average Bonchev–Trinajstić information content (AvgIpc) is 3.42. The van der Waals surface area contributed by atoms with Crippen LogP contribution in [0, 0.1) is 0 Å². The van der Waals surface area contributed by atoms with Crippen molar-refractivity contribution in [3.05, 3.63) is 97.2 Å². The first kappa shape index (κ1) is 72.3. The summed E-state index contributed by atoms with van der Waals surface area (Å²) in [5, 5.41) is 0. The summed E-state index contributed by atoms with van der Waals surface area (Å²) < 4.78 is 16.8. The van der Waals surface area contributed by atoms with Crippen LogP contribution in [0.25, 0.3) is 0 Å². The van der Waals surface area contributed by atoms with Crippen molar-refractivity contribution in [3.8, 4) is 0 Å². The Morgan fingerprint density at radius 3 is 0.868 bits per heavy atom. The van der Waals surface area contributed by atoms with Crippen molar-refractivity contribution in [2.45, 2.75) is 316 Å². The third-order valence-electron chi connectivity index (χ3n) is 13.8. The van der Waals surface area contributed by atoms with Crippen LogP contribution in [0.3, 0.4) is 0 Å². The molecule has 0 fully saturated rings. The number of esters is 3. The average molecular weight is 1060 g/mol. The molecule has 0 spiro atoms. The maximum absolute atomic E-state index is 12.8. The summed E-state index contributed by atoms with van der Waals surface area (Å²) in [5.41, 5.74) is 0. The zero-order valence-corrected chi connectivity index (χ0v) is 50.0. The van der Waals surface area contributed by atoms with Gasteiger partial charge in [0.2, 0.25) is 0 Å². The smallest absolute Gasteiger partial charge is 0.306 e. The molecule has 0 bridgehead atoms. The van der Waals surface area contributed by atoms with Crippen LogP contribution in [0.15, 0.2) is 97.2 Å². The number of carbonyl (C=O) groups excluding carboxylic acids is 3. The number of ether oxygens (including phenoxy) is 3. The standard InChI is InChI=1S/C70H120O6/c1-4-7-10-13-16-19-22-24-25-26-27-28-29-30-31-32-33-34-35-36-37-38-39-40-41-42-43-44-45-47-48-51-54-57-60-63-69(72)75-66-67(65-74-68(71)62-59-56-53-50-21-18-15-12-9-6-3)76-70(73)64-61-58-55-52-49-46-23-20-17-14-11-8-5-2/h7,10,12,15-16,19-20,23-25,27-28,30-31,33-34,67H,4-6,8-9,11,13-14,17-18,21-22,26,29,32,35-66H2,1-3H3/b10-7-,15-12-,19-16-,23-20-,25-24-,28-27-,31-30-,34-33-. The third kappa shape index (κ3) is 61.2. The lowest BCUT2D eigenvalue weighted by atomic mass is 10.0. The van der Waals surface area contributed by atoms with E-state index in [0.717, 1.165) is 122 Å². The molecular weight excluding hydrogens is 937 g/mol. The molecule has 0 amide bonds. The zero-order valence-electron chi connectivity index (χ0n) is 50.0. The maximum Gasteiger partial charge on any atom is 0.306 e. The molecule has 0 aromatic heterocycles. The van der Waals surface area contributed by atoms with Crippen LogP contribution < -0.4 is 0 Å². The fourth-order valence-electron chi connectivity index (χ4n) is 8.97. The van der Waals surface area contributed by atoms with Gasteiger partial charge in [-0.05, 0) is 116 Å². The first-order valence-electron chi connectivity index (χ1n) is 32.2. The van der Waals surface area contributed by atoms with E-state index >= 15 is 0 Å². The van der Waals surface area contributed by atoms with Gasteiger partial charge in [-0.3, -0.25) is 14.4 Å². The van der Waals surface area contributed by atoms with E-state index < -0.39 is 6.10 Å². The number of unbranched alkanes of at least 4 members (excludes halogenated alkanes) is 31. The van der Waals surface area contributed by atoms with E-state index in [4.69, 9.17) is 14.2 Å². The van der Waals surface area contributed by atoms with Gasteiger partial charge in [-0.1, -0.05) is 272 Å². The van der Waals surface area contributed by atoms with E-state index in [0.29, 0.717) is 19.3 Å². The molecule has 0 rings (SSSR count). The highest BCUT2D eigenvalue weighted by molar-refractivity contribution is 5.71. The van der Waals surface area contributed by atoms with E-state index in [1.807, 2.05) is 0 Å². The molecule has 436 valence electrons. The molecule has 0 aliphatic heterocycles. The Morgan fingerprint density at radius 2 is 0.539 bits per heavy atom. The predicted octanol–water partition coefficient (Wildman–Crippen LogP) is 22.0. The van der Waals surface area contributed by atoms with Gasteiger partial charge in [0.1, 0.15) is 13.2 Å². The predicted molar refractivity (Wildman–Crippen MR) is 330 cm³/mol. The highest BCUT2D eigenvalue weighted by Crippen LogP contribution is 2.16. The molecule has 1 atom stereocenters. The zero-order chi connectivity index (χ0) is 55.0. The monoisotopic (exact) mass is 1060 g/mol. The molecule has 0 aliphatic rings. The lowest BCUT2D eigenvalue weighted by Crippen LogP contribution is -2.30. The lowest BCUT2D eigenvalue weighted by molar-refractivity contribution is -0.167. The molecule has 0 aromatic rings. The SMILES string of the molecule is CC/C=C\C/C=C\C/C=C\C/C=C\C/C=C\C/C=C\CCCCCCCCCCCCCCCCCCC(=O)OCC(COC(=O)CCCCCCC/C=C\CCC)OC(=O)CCCCCCC/C=C\CCCCCC. The second kappa shape index (κ2) is 63.9. The maximum atomic E-state index is 12.8. The summed E-state index contributed by atoms with van der Waals surface area (Å²) in [4.78, 5) is 38.1. The van der Waals surface area contributed by atoms with Crippen LogP contribution in [-0.2, 0) is 28.6 Å². The van der Waals surface area contributed by atoms with Crippen molar-refractivity contribution in [1.82, 2.24) is 0 Å². The van der Waals surface area contributed by atoms with Crippen LogP contribution in [0.1, 0.15) is 310 Å². The first-order chi connectivity index (χ1) is 37.5. The highest BCUT2D eigenvalue weighted by Gasteiger charge is 2.19. The van der Waals surface area contributed by atoms with Gasteiger partial charge >= 0.3 is 17.9 Å². The van der Waals surface area contributed by atoms with Gasteiger partial charge in [-0.25, -0.2) is 0 Å². The van der Waals surface area contributed by atoms with Gasteiger partial charge in [0.25, 0.3) is 0 Å². The summed E-state index contributed by atoms with van der Waals surface area (Å²) in [6.45, 7) is 6.45. The van der Waals surface area contributed by atoms with Crippen LogP contribution in [-0.4, -0.2) is 37.2 Å². The number of hydrogen-bond donors (Lipinski definition) is 0. The second-order valence-electron chi connectivity index (χ2n) is 21.3. The molecule has 0 saturated carbocycles. The molecule has 0 saturated heterocycles. The summed E-state index contributed by atoms with van der Waals surface area (Å²) in [5.74, 6) is -0.892. The molecule has 1 unspecified atom stereocenters. The Bertz CT molecular complexity index is 1490. The molecular formula is C70H120O6. The second-order valence-corrected chi connectivity index (χ2v) is 21.3. The minimum atomic E-state index is -0.782. The van der Waals surface area contributed by atoms with Crippen molar-refractivity contribution in [1.29, 1.82) is 0 Å². The lowest BCUT2D eigenvalue weighted by Gasteiger charge is -2.18. The van der Waals surface area contributed by atoms with E-state index in [1.165, 1.54) is 148 Å². The molecule has 0 heterocycles. The van der Waals surface area contributed by atoms with Gasteiger partial charge in [-0.2, -0.15) is 0 Å². The highest BCUT2D eigenvalue weighted by atomic mass is 16.6. The minimum absolute atomic E-state index is 0.0804. The summed E-state index contributed by atoms with van der Waals surface area (Å²) in [6.07, 6.45) is 85.8. The number of carbonyl (C=O) groups is 3. The topological polar surface area (TPSA) is 78.9 Å². The Morgan fingerprint density at radius 1 is 0.276 bits per heavy atom. The van der Waals surface area contributed by atoms with Crippen molar-refractivity contribution in [2.75, 3.05) is 13.2 Å². The van der Waals surface area contributed by atoms with Crippen LogP contribution in [0.2, 0.25) is 0 Å². The van der Waals surface area contributed by atoms with Crippen LogP contribution >= 0.6 is 0 Å². The Kier molecular flexibility index (Phi) is 60.8. The van der Waals surface area contributed by atoms with Gasteiger partial charge in [-0.15, -0.1) is 0 Å². The molecule has 0 radical (unpaired) electrons. The molecule has 0 aromatic carbocycles. The Labute approximate surface area is 470 Å². The van der Waals surface area contributed by atoms with Gasteiger partial charge in [0.05, 0.1) is 0 Å². The third-order valence-corrected chi connectivity index (χ3v) is 13.8. The van der Waals surface area contributed by atoms with Crippen molar-refractivity contribution >= 4 is 17.9 Å². The fraction of sp³-hybridized carbons (Fsp3) is 0.729. The summed E-state index contributed by atoms with van der Waals surface area (Å²) in [7, 11) is 0. The largest absolute Gasteiger partial charge is 0.462 e. The van der Waals surface area contributed by atoms with Gasteiger partial charge in [0.15, 0.2) is 6.10 Å². The number of rotatable bonds is 58. The van der Waals surface area contributed by atoms with Crippen LogP contribution in [0.5, 0.6) is 0 Å². The van der Waals surface area contributed by atoms with E-state index in [1.54, 1.807) is 0 Å². The molecule has 76 heavy (non-hydrogen) atoms. The van der Waals surface area contributed by atoms with E-state index in [2.05, 4.69) is 118 Å². The molecule has 6 nitrogen and oxygen atoms in total. The summed E-state index contributed by atoms with van der Waals surface area (Å²) >= 11 is 0. The van der Waals surface area contributed by atoms with Gasteiger partial charge < -0.3 is 14.2 Å². The first-order valence-corrected chi connectivity index (χ1v) is 32.2. The van der Waals surface area contributed by atoms with Crippen molar-refractivity contribution in [2.24, 2.45) is 0 Å². The minimum Gasteiger partial charge on any atom is -0.462 e. The number of hydrogen-bond acceptors (Lipinski definition) is 6. The van der Waals surface area contributed by atoms with Crippen molar-refractivity contribution in [3.63, 3.8) is 0 Å².